The molecule has 0 aliphatic rings. The summed E-state index contributed by atoms with van der Waals surface area (Å²) in [4.78, 5) is 19.9. The third-order valence-corrected chi connectivity index (χ3v) is 4.54. The van der Waals surface area contributed by atoms with Crippen LogP contribution in [0.3, 0.4) is 0 Å². The van der Waals surface area contributed by atoms with E-state index in [1.54, 1.807) is 0 Å². The van der Waals surface area contributed by atoms with Crippen molar-refractivity contribution in [3.63, 3.8) is 0 Å². The molecule has 3 aromatic rings. The molecule has 0 atom stereocenters. The van der Waals surface area contributed by atoms with Crippen molar-refractivity contribution in [1.82, 2.24) is 9.88 Å². The summed E-state index contributed by atoms with van der Waals surface area (Å²) in [6.45, 7) is 7.34. The van der Waals surface area contributed by atoms with Crippen LogP contribution in [-0.4, -0.2) is 28.9 Å². The number of benzene rings is 2. The van der Waals surface area contributed by atoms with Gasteiger partial charge >= 0.3 is 0 Å². The third kappa shape index (κ3) is 3.52. The number of hydrogen-bond acceptors (Lipinski definition) is 2. The van der Waals surface area contributed by atoms with E-state index in [-0.39, 0.29) is 5.91 Å². The van der Waals surface area contributed by atoms with Gasteiger partial charge in [0.1, 0.15) is 0 Å². The summed E-state index contributed by atoms with van der Waals surface area (Å²) in [5, 5.41) is 0. The Labute approximate surface area is 155 Å². The Kier molecular flexibility index (Phi) is 5.47. The fourth-order valence-electron chi connectivity index (χ4n) is 3.22. The number of aryl methyl sites for hydroxylation is 1. The summed E-state index contributed by atoms with van der Waals surface area (Å²) in [5.41, 5.74) is 5.34. The van der Waals surface area contributed by atoms with E-state index < -0.39 is 0 Å². The van der Waals surface area contributed by atoms with Crippen molar-refractivity contribution in [2.75, 3.05) is 13.1 Å². The van der Waals surface area contributed by atoms with Crippen molar-refractivity contribution < 1.29 is 4.79 Å². The minimum atomic E-state index is 0.0523. The Bertz CT molecular complexity index is 885. The molecule has 132 valence electrons. The molecule has 1 aromatic heterocycles. The molecule has 3 nitrogen and oxygen atoms in total. The number of nitrogens with zero attached hydrogens (tertiary/aromatic N) is 2. The molecule has 0 saturated carbocycles. The van der Waals surface area contributed by atoms with Gasteiger partial charge < -0.3 is 4.90 Å². The van der Waals surface area contributed by atoms with Crippen molar-refractivity contribution >= 4 is 5.91 Å². The quantitative estimate of drug-likeness (QED) is 0.637. The first-order valence-corrected chi connectivity index (χ1v) is 9.07. The molecule has 2 aromatic carbocycles. The van der Waals surface area contributed by atoms with Crippen LogP contribution in [0.1, 0.15) is 29.9 Å². The highest BCUT2D eigenvalue weighted by atomic mass is 16.2. The van der Waals surface area contributed by atoms with E-state index in [2.05, 4.69) is 0 Å². The van der Waals surface area contributed by atoms with E-state index in [9.17, 15) is 4.79 Å². The molecule has 3 rings (SSSR count). The highest BCUT2D eigenvalue weighted by molar-refractivity contribution is 6.04. The van der Waals surface area contributed by atoms with E-state index in [0.29, 0.717) is 18.7 Å². The van der Waals surface area contributed by atoms with Crippen LogP contribution >= 0.6 is 0 Å². The largest absolute Gasteiger partial charge is 0.339 e. The maximum atomic E-state index is 13.2. The van der Waals surface area contributed by atoms with Gasteiger partial charge in [-0.25, -0.2) is 0 Å². The van der Waals surface area contributed by atoms with Gasteiger partial charge in [-0.3, -0.25) is 9.78 Å². The first-order chi connectivity index (χ1) is 12.7. The Hall–Kier alpha value is -2.94. The van der Waals surface area contributed by atoms with Gasteiger partial charge in [0.25, 0.3) is 5.91 Å². The average molecular weight is 344 g/mol. The average Bonchev–Trinajstić information content (AvgIpc) is 2.69. The van der Waals surface area contributed by atoms with Gasteiger partial charge in [-0.1, -0.05) is 60.7 Å². The monoisotopic (exact) mass is 344 g/mol. The molecule has 0 N–H and O–H groups in total. The van der Waals surface area contributed by atoms with Crippen LogP contribution in [0.4, 0.5) is 0 Å². The first kappa shape index (κ1) is 17.9. The minimum Gasteiger partial charge on any atom is -0.339 e. The standard InChI is InChI=1S/C23H24N2O/c1-4-25(5-2)23(26)20-16-17(3)24-22(19-14-10-7-11-15-19)21(20)18-12-8-6-9-13-18/h6-16H,4-5H2,1-3H3. The van der Waals surface area contributed by atoms with Gasteiger partial charge in [-0.05, 0) is 32.4 Å². The van der Waals surface area contributed by atoms with Crippen molar-refractivity contribution in [2.24, 2.45) is 0 Å². The van der Waals surface area contributed by atoms with Crippen LogP contribution in [-0.2, 0) is 0 Å². The molecule has 0 fully saturated rings. The molecule has 0 aliphatic heterocycles. The lowest BCUT2D eigenvalue weighted by Crippen LogP contribution is -2.31. The lowest BCUT2D eigenvalue weighted by atomic mass is 9.93. The van der Waals surface area contributed by atoms with Crippen molar-refractivity contribution in [3.05, 3.63) is 78.0 Å². The predicted octanol–water partition coefficient (Wildman–Crippen LogP) is 5.21. The van der Waals surface area contributed by atoms with Gasteiger partial charge in [0.15, 0.2) is 0 Å². The van der Waals surface area contributed by atoms with Gasteiger partial charge in [0.2, 0.25) is 0 Å². The molecule has 0 saturated heterocycles. The van der Waals surface area contributed by atoms with E-state index in [1.807, 2.05) is 92.4 Å². The predicted molar refractivity (Wildman–Crippen MR) is 107 cm³/mol. The van der Waals surface area contributed by atoms with E-state index >= 15 is 0 Å². The van der Waals surface area contributed by atoms with E-state index in [4.69, 9.17) is 4.98 Å². The second-order valence-corrected chi connectivity index (χ2v) is 6.24. The SMILES string of the molecule is CCN(CC)C(=O)c1cc(C)nc(-c2ccccc2)c1-c1ccccc1. The molecule has 0 radical (unpaired) electrons. The van der Waals surface area contributed by atoms with Crippen LogP contribution in [0.2, 0.25) is 0 Å². The highest BCUT2D eigenvalue weighted by Gasteiger charge is 2.22. The van der Waals surface area contributed by atoms with Crippen LogP contribution in [0.5, 0.6) is 0 Å². The maximum absolute atomic E-state index is 13.2. The van der Waals surface area contributed by atoms with Crippen molar-refractivity contribution in [1.29, 1.82) is 0 Å². The van der Waals surface area contributed by atoms with Gasteiger partial charge in [0.05, 0.1) is 11.3 Å². The molecule has 0 aliphatic carbocycles. The second kappa shape index (κ2) is 7.96. The molecule has 3 heteroatoms. The lowest BCUT2D eigenvalue weighted by Gasteiger charge is -2.22. The third-order valence-electron chi connectivity index (χ3n) is 4.54. The minimum absolute atomic E-state index is 0.0523. The molecule has 1 heterocycles. The smallest absolute Gasteiger partial charge is 0.254 e. The maximum Gasteiger partial charge on any atom is 0.254 e. The molecule has 0 spiro atoms. The highest BCUT2D eigenvalue weighted by Crippen LogP contribution is 2.34. The number of carbonyl (C=O) groups is 1. The summed E-state index contributed by atoms with van der Waals surface area (Å²) in [5.74, 6) is 0.0523. The summed E-state index contributed by atoms with van der Waals surface area (Å²) in [7, 11) is 0. The normalized spacial score (nSPS) is 10.6. The van der Waals surface area contributed by atoms with Crippen molar-refractivity contribution in [3.8, 4) is 22.4 Å². The number of hydrogen-bond donors (Lipinski definition) is 0. The Morgan fingerprint density at radius 1 is 0.885 bits per heavy atom. The molecular formula is C23H24N2O. The number of rotatable bonds is 5. The lowest BCUT2D eigenvalue weighted by molar-refractivity contribution is 0.0773. The Morgan fingerprint density at radius 2 is 1.42 bits per heavy atom. The zero-order chi connectivity index (χ0) is 18.5. The van der Waals surface area contributed by atoms with Crippen LogP contribution < -0.4 is 0 Å². The van der Waals surface area contributed by atoms with E-state index in [0.717, 1.165) is 28.1 Å². The fraction of sp³-hybridized carbons (Fsp3) is 0.217. The molecule has 0 bridgehead atoms. The molecular weight excluding hydrogens is 320 g/mol. The number of carbonyl (C=O) groups excluding carboxylic acids is 1. The molecule has 26 heavy (non-hydrogen) atoms. The van der Waals surface area contributed by atoms with Crippen LogP contribution in [0.25, 0.3) is 22.4 Å². The number of aromatic nitrogens is 1. The Morgan fingerprint density at radius 3 is 1.96 bits per heavy atom. The Balaban J connectivity index is 2.30. The topological polar surface area (TPSA) is 33.2 Å². The van der Waals surface area contributed by atoms with E-state index in [1.165, 1.54) is 0 Å². The number of amides is 1. The number of pyridine rings is 1. The zero-order valence-corrected chi connectivity index (χ0v) is 15.6. The molecule has 1 amide bonds. The van der Waals surface area contributed by atoms with Crippen LogP contribution in [0, 0.1) is 6.92 Å². The summed E-state index contributed by atoms with van der Waals surface area (Å²) in [6, 6.07) is 22.0. The summed E-state index contributed by atoms with van der Waals surface area (Å²) < 4.78 is 0. The van der Waals surface area contributed by atoms with Gasteiger partial charge in [-0.2, -0.15) is 0 Å². The van der Waals surface area contributed by atoms with Crippen LogP contribution in [0.15, 0.2) is 66.7 Å². The first-order valence-electron chi connectivity index (χ1n) is 9.07. The van der Waals surface area contributed by atoms with Crippen molar-refractivity contribution in [2.45, 2.75) is 20.8 Å². The second-order valence-electron chi connectivity index (χ2n) is 6.24. The fourth-order valence-corrected chi connectivity index (χ4v) is 3.22. The summed E-state index contributed by atoms with van der Waals surface area (Å²) >= 11 is 0. The zero-order valence-electron chi connectivity index (χ0n) is 15.6. The summed E-state index contributed by atoms with van der Waals surface area (Å²) in [6.07, 6.45) is 0. The van der Waals surface area contributed by atoms with Gasteiger partial charge in [0, 0.05) is 29.9 Å². The van der Waals surface area contributed by atoms with Gasteiger partial charge in [-0.15, -0.1) is 0 Å². The molecule has 0 unspecified atom stereocenters.